The number of fused-ring (bicyclic) bond motifs is 2. The molecule has 2 aliphatic rings. The molecule has 4 rings (SSSR count). The van der Waals surface area contributed by atoms with Crippen LogP contribution >= 0.6 is 0 Å². The van der Waals surface area contributed by atoms with Gasteiger partial charge in [0.15, 0.2) is 9.84 Å². The van der Waals surface area contributed by atoms with E-state index < -0.39 is 25.1 Å². The van der Waals surface area contributed by atoms with Crippen molar-refractivity contribution < 1.29 is 21.6 Å². The molecule has 2 heterocycles. The van der Waals surface area contributed by atoms with Crippen LogP contribution in [-0.4, -0.2) is 45.1 Å². The zero-order valence-corrected chi connectivity index (χ0v) is 17.9. The van der Waals surface area contributed by atoms with Gasteiger partial charge in [0.2, 0.25) is 10.0 Å². The number of hydrogen-bond donors (Lipinski definition) is 0. The maximum absolute atomic E-state index is 13.3. The van der Waals surface area contributed by atoms with Crippen molar-refractivity contribution >= 4 is 19.9 Å². The Bertz CT molecular complexity index is 1050. The Morgan fingerprint density at radius 1 is 0.862 bits per heavy atom. The SMILES string of the molecule is CCOc1ccc(S(=O)(=O)N2C3CCC2CC(S(=O)(=O)c2ccccc2)C3)cc1. The first-order chi connectivity index (χ1) is 13.8. The summed E-state index contributed by atoms with van der Waals surface area (Å²) in [6, 6.07) is 14.3. The number of sulfonamides is 1. The number of hydrogen-bond acceptors (Lipinski definition) is 5. The van der Waals surface area contributed by atoms with Crippen LogP contribution in [0.25, 0.3) is 0 Å². The third kappa shape index (κ3) is 3.69. The first kappa shape index (κ1) is 20.4. The van der Waals surface area contributed by atoms with Gasteiger partial charge in [-0.1, -0.05) is 18.2 Å². The molecule has 2 bridgehead atoms. The second-order valence-corrected chi connectivity index (χ2v) is 11.6. The molecule has 2 aliphatic heterocycles. The second-order valence-electron chi connectivity index (χ2n) is 7.58. The molecule has 2 aromatic carbocycles. The Balaban J connectivity index is 1.58. The molecule has 0 aromatic heterocycles. The van der Waals surface area contributed by atoms with Crippen LogP contribution in [0.2, 0.25) is 0 Å². The predicted octanol–water partition coefficient (Wildman–Crippen LogP) is 3.24. The van der Waals surface area contributed by atoms with Gasteiger partial charge in [-0.3, -0.25) is 0 Å². The van der Waals surface area contributed by atoms with Gasteiger partial charge in [-0.05, 0) is 69.0 Å². The Kier molecular flexibility index (Phi) is 5.44. The molecule has 0 aliphatic carbocycles. The van der Waals surface area contributed by atoms with Gasteiger partial charge in [0.25, 0.3) is 0 Å². The molecule has 0 radical (unpaired) electrons. The highest BCUT2D eigenvalue weighted by molar-refractivity contribution is 7.92. The third-order valence-corrected chi connectivity index (χ3v) is 10.1. The minimum Gasteiger partial charge on any atom is -0.494 e. The van der Waals surface area contributed by atoms with Gasteiger partial charge in [0.05, 0.1) is 21.6 Å². The van der Waals surface area contributed by atoms with Crippen molar-refractivity contribution in [3.8, 4) is 5.75 Å². The zero-order valence-electron chi connectivity index (χ0n) is 16.3. The summed E-state index contributed by atoms with van der Waals surface area (Å²) in [5, 5.41) is -0.547. The highest BCUT2D eigenvalue weighted by Gasteiger charge is 2.50. The van der Waals surface area contributed by atoms with Crippen molar-refractivity contribution in [2.24, 2.45) is 0 Å². The van der Waals surface area contributed by atoms with E-state index in [1.54, 1.807) is 58.9 Å². The van der Waals surface area contributed by atoms with Crippen molar-refractivity contribution in [2.45, 2.75) is 59.7 Å². The first-order valence-corrected chi connectivity index (χ1v) is 12.9. The van der Waals surface area contributed by atoms with Gasteiger partial charge >= 0.3 is 0 Å². The molecule has 0 amide bonds. The maximum atomic E-state index is 13.3. The normalized spacial score (nSPS) is 25.1. The van der Waals surface area contributed by atoms with Gasteiger partial charge in [0, 0.05) is 12.1 Å². The monoisotopic (exact) mass is 435 g/mol. The fraction of sp³-hybridized carbons (Fsp3) is 0.429. The standard InChI is InChI=1S/C21H25NO5S2/c1-2-27-18-10-12-20(13-11-18)29(25,26)22-16-8-9-17(22)15-21(14-16)28(23,24)19-6-4-3-5-7-19/h3-7,10-13,16-17,21H,2,8-9,14-15H2,1H3. The topological polar surface area (TPSA) is 80.8 Å². The average molecular weight is 436 g/mol. The van der Waals surface area contributed by atoms with Gasteiger partial charge in [0.1, 0.15) is 5.75 Å². The number of nitrogens with zero attached hydrogens (tertiary/aromatic N) is 1. The van der Waals surface area contributed by atoms with E-state index in [4.69, 9.17) is 4.74 Å². The van der Waals surface area contributed by atoms with Crippen LogP contribution in [0.15, 0.2) is 64.4 Å². The van der Waals surface area contributed by atoms with Crippen molar-refractivity contribution in [1.29, 1.82) is 0 Å². The molecule has 0 saturated carbocycles. The van der Waals surface area contributed by atoms with E-state index in [0.717, 1.165) is 0 Å². The molecule has 6 nitrogen and oxygen atoms in total. The summed E-state index contributed by atoms with van der Waals surface area (Å²) in [6.45, 7) is 2.38. The lowest BCUT2D eigenvalue weighted by atomic mass is 10.1. The summed E-state index contributed by atoms with van der Waals surface area (Å²) < 4.78 is 59.6. The van der Waals surface area contributed by atoms with Gasteiger partial charge < -0.3 is 4.74 Å². The van der Waals surface area contributed by atoms with Crippen molar-refractivity contribution in [3.05, 3.63) is 54.6 Å². The van der Waals surface area contributed by atoms with Crippen molar-refractivity contribution in [1.82, 2.24) is 4.31 Å². The number of benzene rings is 2. The largest absolute Gasteiger partial charge is 0.494 e. The molecule has 0 N–H and O–H groups in total. The lowest BCUT2D eigenvalue weighted by Gasteiger charge is -2.37. The molecule has 0 spiro atoms. The number of ether oxygens (including phenoxy) is 1. The molecule has 2 atom stereocenters. The van der Waals surface area contributed by atoms with Crippen LogP contribution in [-0.2, 0) is 19.9 Å². The molecular formula is C21H25NO5S2. The van der Waals surface area contributed by atoms with Gasteiger partial charge in [-0.25, -0.2) is 16.8 Å². The summed E-state index contributed by atoms with van der Waals surface area (Å²) in [5.41, 5.74) is 0. The molecule has 2 fully saturated rings. The Hall–Kier alpha value is -1.90. The van der Waals surface area contributed by atoms with Crippen LogP contribution in [0.3, 0.4) is 0 Å². The molecule has 2 unspecified atom stereocenters. The van der Waals surface area contributed by atoms with Crippen molar-refractivity contribution in [3.63, 3.8) is 0 Å². The summed E-state index contributed by atoms with van der Waals surface area (Å²) in [4.78, 5) is 0.537. The van der Waals surface area contributed by atoms with E-state index in [9.17, 15) is 16.8 Å². The Morgan fingerprint density at radius 3 is 2.00 bits per heavy atom. The van der Waals surface area contributed by atoms with E-state index in [1.807, 2.05) is 6.92 Å². The van der Waals surface area contributed by atoms with Gasteiger partial charge in [-0.15, -0.1) is 0 Å². The minimum absolute atomic E-state index is 0.224. The smallest absolute Gasteiger partial charge is 0.243 e. The molecule has 29 heavy (non-hydrogen) atoms. The highest BCUT2D eigenvalue weighted by atomic mass is 32.2. The lowest BCUT2D eigenvalue weighted by Crippen LogP contribution is -2.49. The predicted molar refractivity (Wildman–Crippen MR) is 110 cm³/mol. The van der Waals surface area contributed by atoms with E-state index >= 15 is 0 Å². The molecule has 156 valence electrons. The highest BCUT2D eigenvalue weighted by Crippen LogP contribution is 2.43. The van der Waals surface area contributed by atoms with Gasteiger partial charge in [-0.2, -0.15) is 4.31 Å². The zero-order chi connectivity index (χ0) is 20.6. The fourth-order valence-electron chi connectivity index (χ4n) is 4.53. The molecule has 8 heteroatoms. The quantitative estimate of drug-likeness (QED) is 0.696. The minimum atomic E-state index is -3.68. The number of rotatable bonds is 6. The molecular weight excluding hydrogens is 410 g/mol. The van der Waals surface area contributed by atoms with E-state index in [-0.39, 0.29) is 17.0 Å². The molecule has 2 aromatic rings. The fourth-order valence-corrected chi connectivity index (χ4v) is 8.29. The van der Waals surface area contributed by atoms with E-state index in [2.05, 4.69) is 0 Å². The summed E-state index contributed by atoms with van der Waals surface area (Å²) >= 11 is 0. The van der Waals surface area contributed by atoms with E-state index in [1.165, 1.54) is 0 Å². The average Bonchev–Trinajstić information content (AvgIpc) is 3.00. The second kappa shape index (κ2) is 7.74. The maximum Gasteiger partial charge on any atom is 0.243 e. The van der Waals surface area contributed by atoms with Crippen LogP contribution < -0.4 is 4.74 Å². The third-order valence-electron chi connectivity index (χ3n) is 5.84. The molecule has 2 saturated heterocycles. The summed E-state index contributed by atoms with van der Waals surface area (Å²) in [5.74, 6) is 0.627. The van der Waals surface area contributed by atoms with Crippen LogP contribution in [0.4, 0.5) is 0 Å². The lowest BCUT2D eigenvalue weighted by molar-refractivity contribution is 0.249. The first-order valence-electron chi connectivity index (χ1n) is 9.89. The Morgan fingerprint density at radius 2 is 1.45 bits per heavy atom. The number of sulfone groups is 1. The van der Waals surface area contributed by atoms with Crippen molar-refractivity contribution in [2.75, 3.05) is 6.61 Å². The van der Waals surface area contributed by atoms with Crippen LogP contribution in [0, 0.1) is 0 Å². The Labute approximate surface area is 172 Å². The van der Waals surface area contributed by atoms with Crippen LogP contribution in [0.1, 0.15) is 32.6 Å². The van der Waals surface area contributed by atoms with Crippen LogP contribution in [0.5, 0.6) is 5.75 Å². The summed E-state index contributed by atoms with van der Waals surface area (Å²) in [6.07, 6.45) is 2.07. The number of piperidine rings is 1. The van der Waals surface area contributed by atoms with E-state index in [0.29, 0.717) is 42.9 Å². The summed E-state index contributed by atoms with van der Waals surface area (Å²) in [7, 11) is -7.15.